The van der Waals surface area contributed by atoms with Gasteiger partial charge in [-0.15, -0.1) is 0 Å². The average molecular weight is 265 g/mol. The average Bonchev–Trinajstić information content (AvgIpc) is 2.88. The van der Waals surface area contributed by atoms with E-state index in [2.05, 4.69) is 37.1 Å². The third-order valence-corrected chi connectivity index (χ3v) is 5.39. The van der Waals surface area contributed by atoms with Crippen molar-refractivity contribution in [2.45, 2.75) is 64.8 Å². The highest BCUT2D eigenvalue weighted by atomic mass is 15.2. The quantitative estimate of drug-likeness (QED) is 0.732. The molecule has 0 aromatic rings. The van der Waals surface area contributed by atoms with Crippen molar-refractivity contribution in [3.8, 4) is 6.07 Å². The first kappa shape index (κ1) is 16.5. The van der Waals surface area contributed by atoms with Crippen molar-refractivity contribution in [3.63, 3.8) is 0 Å². The van der Waals surface area contributed by atoms with Gasteiger partial charge in [-0.05, 0) is 64.1 Å². The predicted molar refractivity (Wildman–Crippen MR) is 81.0 cm³/mol. The second-order valence-corrected chi connectivity index (χ2v) is 6.13. The monoisotopic (exact) mass is 265 g/mol. The van der Waals surface area contributed by atoms with Crippen LogP contribution in [0.5, 0.6) is 0 Å². The van der Waals surface area contributed by atoms with Gasteiger partial charge < -0.3 is 10.2 Å². The van der Waals surface area contributed by atoms with Crippen molar-refractivity contribution < 1.29 is 0 Å². The number of likely N-dealkylation sites (tertiary alicyclic amines) is 1. The molecule has 1 fully saturated rings. The number of nitrogens with one attached hydrogen (secondary N) is 1. The molecule has 1 saturated heterocycles. The topological polar surface area (TPSA) is 39.1 Å². The SMILES string of the molecule is CCC1(CC)CCN(CCCC(C#N)(CC)NC)C1. The summed E-state index contributed by atoms with van der Waals surface area (Å²) in [5.74, 6) is 0. The summed E-state index contributed by atoms with van der Waals surface area (Å²) in [6.07, 6.45) is 6.91. The Labute approximate surface area is 119 Å². The van der Waals surface area contributed by atoms with Crippen molar-refractivity contribution in [3.05, 3.63) is 0 Å². The normalized spacial score (nSPS) is 22.1. The molecule has 0 bridgehead atoms. The van der Waals surface area contributed by atoms with Crippen LogP contribution in [0, 0.1) is 16.7 Å². The van der Waals surface area contributed by atoms with E-state index in [0.29, 0.717) is 5.41 Å². The highest BCUT2D eigenvalue weighted by Gasteiger charge is 2.34. The highest BCUT2D eigenvalue weighted by molar-refractivity contribution is 5.05. The molecule has 0 aliphatic carbocycles. The molecule has 1 aliphatic heterocycles. The van der Waals surface area contributed by atoms with Gasteiger partial charge in [0.1, 0.15) is 5.54 Å². The van der Waals surface area contributed by atoms with Crippen molar-refractivity contribution in [1.82, 2.24) is 10.2 Å². The summed E-state index contributed by atoms with van der Waals surface area (Å²) < 4.78 is 0. The molecule has 0 saturated carbocycles. The smallest absolute Gasteiger partial charge is 0.106 e. The molecule has 1 unspecified atom stereocenters. The van der Waals surface area contributed by atoms with Crippen LogP contribution >= 0.6 is 0 Å². The summed E-state index contributed by atoms with van der Waals surface area (Å²) >= 11 is 0. The first-order chi connectivity index (χ1) is 9.09. The van der Waals surface area contributed by atoms with Crippen molar-refractivity contribution in [2.24, 2.45) is 5.41 Å². The molecule has 1 aliphatic rings. The Morgan fingerprint density at radius 2 is 2.00 bits per heavy atom. The van der Waals surface area contributed by atoms with Gasteiger partial charge in [0.25, 0.3) is 0 Å². The zero-order valence-electron chi connectivity index (χ0n) is 13.3. The fourth-order valence-corrected chi connectivity index (χ4v) is 3.32. The number of rotatable bonds is 8. The number of nitriles is 1. The lowest BCUT2D eigenvalue weighted by Gasteiger charge is -2.28. The van der Waals surface area contributed by atoms with E-state index in [-0.39, 0.29) is 5.54 Å². The van der Waals surface area contributed by atoms with Crippen molar-refractivity contribution in [2.75, 3.05) is 26.7 Å². The van der Waals surface area contributed by atoms with Gasteiger partial charge in [-0.25, -0.2) is 0 Å². The number of hydrogen-bond acceptors (Lipinski definition) is 3. The maximum atomic E-state index is 9.30. The van der Waals surface area contributed by atoms with Crippen LogP contribution in [-0.2, 0) is 0 Å². The fraction of sp³-hybridized carbons (Fsp3) is 0.938. The standard InChI is InChI=1S/C16H31N3/c1-5-15(6-2)10-12-19(14-15)11-8-9-16(7-3,13-17)18-4/h18H,5-12,14H2,1-4H3. The van der Waals surface area contributed by atoms with Gasteiger partial charge in [0, 0.05) is 6.54 Å². The molecular weight excluding hydrogens is 234 g/mol. The van der Waals surface area contributed by atoms with Crippen LogP contribution in [0.3, 0.4) is 0 Å². The highest BCUT2D eigenvalue weighted by Crippen LogP contribution is 2.37. The van der Waals surface area contributed by atoms with Gasteiger partial charge in [-0.1, -0.05) is 20.8 Å². The lowest BCUT2D eigenvalue weighted by atomic mass is 9.82. The molecule has 0 aromatic heterocycles. The van der Waals surface area contributed by atoms with Crippen LogP contribution < -0.4 is 5.32 Å². The minimum atomic E-state index is -0.313. The van der Waals surface area contributed by atoms with Gasteiger partial charge in [0.05, 0.1) is 6.07 Å². The van der Waals surface area contributed by atoms with E-state index in [1.165, 1.54) is 32.4 Å². The summed E-state index contributed by atoms with van der Waals surface area (Å²) in [6, 6.07) is 2.45. The van der Waals surface area contributed by atoms with E-state index in [1.807, 2.05) is 7.05 Å². The minimum absolute atomic E-state index is 0.313. The second kappa shape index (κ2) is 7.26. The first-order valence-electron chi connectivity index (χ1n) is 7.91. The van der Waals surface area contributed by atoms with Gasteiger partial charge in [-0.3, -0.25) is 0 Å². The maximum absolute atomic E-state index is 9.30. The van der Waals surface area contributed by atoms with E-state index in [9.17, 15) is 5.26 Å². The summed E-state index contributed by atoms with van der Waals surface area (Å²) in [4.78, 5) is 2.60. The third kappa shape index (κ3) is 3.94. The lowest BCUT2D eigenvalue weighted by molar-refractivity contribution is 0.233. The molecule has 0 spiro atoms. The van der Waals surface area contributed by atoms with Gasteiger partial charge in [0.15, 0.2) is 0 Å². The molecule has 0 amide bonds. The zero-order valence-corrected chi connectivity index (χ0v) is 13.3. The molecule has 3 nitrogen and oxygen atoms in total. The molecule has 0 aromatic carbocycles. The van der Waals surface area contributed by atoms with Crippen molar-refractivity contribution in [1.29, 1.82) is 5.26 Å². The third-order valence-electron chi connectivity index (χ3n) is 5.39. The molecule has 0 radical (unpaired) electrons. The Hall–Kier alpha value is -0.590. The Morgan fingerprint density at radius 3 is 2.42 bits per heavy atom. The summed E-state index contributed by atoms with van der Waals surface area (Å²) in [5.41, 5.74) is 0.256. The van der Waals surface area contributed by atoms with Crippen LogP contribution in [0.1, 0.15) is 59.3 Å². The molecule has 1 heterocycles. The van der Waals surface area contributed by atoms with Gasteiger partial charge >= 0.3 is 0 Å². The lowest BCUT2D eigenvalue weighted by Crippen LogP contribution is -2.41. The molecule has 1 atom stereocenters. The van der Waals surface area contributed by atoms with Crippen LogP contribution in [0.4, 0.5) is 0 Å². The summed E-state index contributed by atoms with van der Waals surface area (Å²) in [5, 5.41) is 12.5. The Morgan fingerprint density at radius 1 is 1.32 bits per heavy atom. The molecule has 1 rings (SSSR count). The van der Waals surface area contributed by atoms with E-state index < -0.39 is 0 Å². The predicted octanol–water partition coefficient (Wildman–Crippen LogP) is 3.17. The van der Waals surface area contributed by atoms with Crippen LogP contribution in [0.2, 0.25) is 0 Å². The number of hydrogen-bond donors (Lipinski definition) is 1. The molecule has 3 heteroatoms. The summed E-state index contributed by atoms with van der Waals surface area (Å²) in [7, 11) is 1.90. The van der Waals surface area contributed by atoms with E-state index in [0.717, 1.165) is 25.8 Å². The zero-order chi connectivity index (χ0) is 14.4. The fourth-order valence-electron chi connectivity index (χ4n) is 3.32. The van der Waals surface area contributed by atoms with Crippen LogP contribution in [-0.4, -0.2) is 37.1 Å². The molecule has 1 N–H and O–H groups in total. The van der Waals surface area contributed by atoms with Crippen molar-refractivity contribution >= 4 is 0 Å². The van der Waals surface area contributed by atoms with E-state index >= 15 is 0 Å². The maximum Gasteiger partial charge on any atom is 0.106 e. The second-order valence-electron chi connectivity index (χ2n) is 6.13. The van der Waals surface area contributed by atoms with Crippen LogP contribution in [0.15, 0.2) is 0 Å². The van der Waals surface area contributed by atoms with E-state index in [4.69, 9.17) is 0 Å². The Balaban J connectivity index is 2.37. The summed E-state index contributed by atoms with van der Waals surface area (Å²) in [6.45, 7) is 10.4. The molecule has 110 valence electrons. The Bertz CT molecular complexity index is 298. The number of nitrogens with zero attached hydrogens (tertiary/aromatic N) is 2. The van der Waals surface area contributed by atoms with Gasteiger partial charge in [-0.2, -0.15) is 5.26 Å². The minimum Gasteiger partial charge on any atom is -0.303 e. The first-order valence-corrected chi connectivity index (χ1v) is 7.91. The van der Waals surface area contributed by atoms with Gasteiger partial charge in [0.2, 0.25) is 0 Å². The molecule has 19 heavy (non-hydrogen) atoms. The molecular formula is C16H31N3. The van der Waals surface area contributed by atoms with Crippen LogP contribution in [0.25, 0.3) is 0 Å². The van der Waals surface area contributed by atoms with E-state index in [1.54, 1.807) is 0 Å². The largest absolute Gasteiger partial charge is 0.303 e. The Kier molecular flexibility index (Phi) is 6.29.